The molecule has 1 unspecified atom stereocenters. The molecule has 0 fully saturated rings. The van der Waals surface area contributed by atoms with Gasteiger partial charge in [0.25, 0.3) is 0 Å². The van der Waals surface area contributed by atoms with Gasteiger partial charge in [0.1, 0.15) is 5.82 Å². The number of carboxylic acids is 1. The first-order valence-corrected chi connectivity index (χ1v) is 5.14. The van der Waals surface area contributed by atoms with Crippen molar-refractivity contribution in [2.75, 3.05) is 19.0 Å². The molecule has 1 rings (SSSR count). The van der Waals surface area contributed by atoms with Gasteiger partial charge >= 0.3 is 5.97 Å². The van der Waals surface area contributed by atoms with Crippen molar-refractivity contribution < 1.29 is 14.6 Å². The molecule has 0 aliphatic rings. The van der Waals surface area contributed by atoms with E-state index in [0.717, 1.165) is 6.42 Å². The van der Waals surface area contributed by atoms with Gasteiger partial charge in [0.2, 0.25) is 0 Å². The van der Waals surface area contributed by atoms with E-state index in [2.05, 4.69) is 10.3 Å². The minimum absolute atomic E-state index is 0.0375. The zero-order chi connectivity index (χ0) is 12.0. The number of carbonyl (C=O) groups is 1. The summed E-state index contributed by atoms with van der Waals surface area (Å²) < 4.78 is 5.19. The fraction of sp³-hybridized carbons (Fsp3) is 0.455. The first-order chi connectivity index (χ1) is 7.67. The highest BCUT2D eigenvalue weighted by molar-refractivity contribution is 5.85. The summed E-state index contributed by atoms with van der Waals surface area (Å²) in [5.74, 6) is -0.474. The summed E-state index contributed by atoms with van der Waals surface area (Å²) in [6, 6.07) is 4.85. The van der Waals surface area contributed by atoms with E-state index in [-0.39, 0.29) is 11.8 Å². The minimum Gasteiger partial charge on any atom is -0.477 e. The highest BCUT2D eigenvalue weighted by Gasteiger charge is 2.07. The molecular formula is C11H16N2O3. The zero-order valence-electron chi connectivity index (χ0n) is 9.43. The summed E-state index contributed by atoms with van der Waals surface area (Å²) in [6.07, 6.45) is 0.998. The smallest absolute Gasteiger partial charge is 0.354 e. The number of nitrogens with zero attached hydrogens (tertiary/aromatic N) is 1. The van der Waals surface area contributed by atoms with Crippen LogP contribution in [0, 0.1) is 0 Å². The van der Waals surface area contributed by atoms with Gasteiger partial charge in [0.05, 0.1) is 6.10 Å². The summed E-state index contributed by atoms with van der Waals surface area (Å²) in [4.78, 5) is 14.6. The molecule has 0 radical (unpaired) electrons. The summed E-state index contributed by atoms with van der Waals surface area (Å²) in [6.45, 7) is 2.64. The van der Waals surface area contributed by atoms with Gasteiger partial charge in [-0.15, -0.1) is 0 Å². The highest BCUT2D eigenvalue weighted by atomic mass is 16.5. The second-order valence-corrected chi connectivity index (χ2v) is 3.36. The molecule has 0 aliphatic heterocycles. The van der Waals surface area contributed by atoms with Crippen molar-refractivity contribution in [3.05, 3.63) is 23.9 Å². The van der Waals surface area contributed by atoms with E-state index in [9.17, 15) is 4.79 Å². The molecule has 1 aromatic heterocycles. The van der Waals surface area contributed by atoms with Gasteiger partial charge in [0, 0.05) is 13.7 Å². The number of ether oxygens (including phenoxy) is 1. The number of aromatic carboxylic acids is 1. The topological polar surface area (TPSA) is 71.5 Å². The molecule has 0 bridgehead atoms. The van der Waals surface area contributed by atoms with Crippen LogP contribution < -0.4 is 5.32 Å². The van der Waals surface area contributed by atoms with Gasteiger partial charge in [-0.3, -0.25) is 0 Å². The van der Waals surface area contributed by atoms with Gasteiger partial charge in [-0.05, 0) is 18.6 Å². The summed E-state index contributed by atoms with van der Waals surface area (Å²) in [5, 5.41) is 11.8. The van der Waals surface area contributed by atoms with Crippen molar-refractivity contribution >= 4 is 11.8 Å². The van der Waals surface area contributed by atoms with E-state index in [1.165, 1.54) is 6.07 Å². The molecule has 0 amide bonds. The highest BCUT2D eigenvalue weighted by Crippen LogP contribution is 2.06. The summed E-state index contributed by atoms with van der Waals surface area (Å²) >= 11 is 0. The molecule has 0 aromatic carbocycles. The fourth-order valence-corrected chi connectivity index (χ4v) is 1.27. The molecule has 5 heteroatoms. The van der Waals surface area contributed by atoms with E-state index in [0.29, 0.717) is 12.4 Å². The molecule has 0 saturated carbocycles. The second-order valence-electron chi connectivity index (χ2n) is 3.36. The first kappa shape index (κ1) is 12.4. The van der Waals surface area contributed by atoms with E-state index < -0.39 is 5.97 Å². The number of anilines is 1. The SMILES string of the molecule is CCC(CNc1cccc(C(=O)O)n1)OC. The molecule has 16 heavy (non-hydrogen) atoms. The Morgan fingerprint density at radius 1 is 1.62 bits per heavy atom. The van der Waals surface area contributed by atoms with Crippen LogP contribution in [-0.2, 0) is 4.74 Å². The lowest BCUT2D eigenvalue weighted by Crippen LogP contribution is -2.21. The summed E-state index contributed by atoms with van der Waals surface area (Å²) in [7, 11) is 1.65. The molecule has 2 N–H and O–H groups in total. The lowest BCUT2D eigenvalue weighted by Gasteiger charge is -2.14. The Bertz CT molecular complexity index is 351. The van der Waals surface area contributed by atoms with E-state index >= 15 is 0 Å². The maximum atomic E-state index is 10.7. The number of pyridine rings is 1. The van der Waals surface area contributed by atoms with Crippen LogP contribution in [0.3, 0.4) is 0 Å². The number of methoxy groups -OCH3 is 1. The monoisotopic (exact) mass is 224 g/mol. The van der Waals surface area contributed by atoms with E-state index in [4.69, 9.17) is 9.84 Å². The normalized spacial score (nSPS) is 12.1. The van der Waals surface area contributed by atoms with Crippen molar-refractivity contribution in [1.82, 2.24) is 4.98 Å². The predicted octanol–water partition coefficient (Wildman–Crippen LogP) is 1.62. The van der Waals surface area contributed by atoms with Gasteiger partial charge in [-0.1, -0.05) is 13.0 Å². The maximum Gasteiger partial charge on any atom is 0.354 e. The Morgan fingerprint density at radius 3 is 2.94 bits per heavy atom. The molecule has 0 saturated heterocycles. The van der Waals surface area contributed by atoms with Crippen LogP contribution in [0.25, 0.3) is 0 Å². The van der Waals surface area contributed by atoms with Gasteiger partial charge in [0.15, 0.2) is 5.69 Å². The van der Waals surface area contributed by atoms with Crippen molar-refractivity contribution in [3.63, 3.8) is 0 Å². The van der Waals surface area contributed by atoms with Crippen molar-refractivity contribution in [1.29, 1.82) is 0 Å². The Labute approximate surface area is 94.5 Å². The van der Waals surface area contributed by atoms with Gasteiger partial charge in [-0.25, -0.2) is 9.78 Å². The Morgan fingerprint density at radius 2 is 2.38 bits per heavy atom. The van der Waals surface area contributed by atoms with Crippen molar-refractivity contribution in [2.45, 2.75) is 19.4 Å². The fourth-order valence-electron chi connectivity index (χ4n) is 1.27. The third kappa shape index (κ3) is 3.51. The van der Waals surface area contributed by atoms with E-state index in [1.807, 2.05) is 6.92 Å². The van der Waals surface area contributed by atoms with Crippen LogP contribution >= 0.6 is 0 Å². The quantitative estimate of drug-likeness (QED) is 0.768. The molecule has 1 atom stereocenters. The van der Waals surface area contributed by atoms with Crippen molar-refractivity contribution in [3.8, 4) is 0 Å². The average molecular weight is 224 g/mol. The molecule has 1 heterocycles. The number of aromatic nitrogens is 1. The van der Waals surface area contributed by atoms with Crippen LogP contribution in [0.1, 0.15) is 23.8 Å². The average Bonchev–Trinajstić information content (AvgIpc) is 2.31. The molecule has 1 aromatic rings. The molecule has 0 aliphatic carbocycles. The minimum atomic E-state index is -1.03. The Balaban J connectivity index is 2.60. The zero-order valence-corrected chi connectivity index (χ0v) is 9.43. The second kappa shape index (κ2) is 6.07. The van der Waals surface area contributed by atoms with Crippen LogP contribution in [0.15, 0.2) is 18.2 Å². The number of hydrogen-bond donors (Lipinski definition) is 2. The molecule has 88 valence electrons. The largest absolute Gasteiger partial charge is 0.477 e. The van der Waals surface area contributed by atoms with E-state index in [1.54, 1.807) is 19.2 Å². The standard InChI is InChI=1S/C11H16N2O3/c1-3-8(16-2)7-12-10-6-4-5-9(13-10)11(14)15/h4-6,8H,3,7H2,1-2H3,(H,12,13)(H,14,15). The van der Waals surface area contributed by atoms with Crippen LogP contribution in [0.5, 0.6) is 0 Å². The predicted molar refractivity (Wildman–Crippen MR) is 60.8 cm³/mol. The van der Waals surface area contributed by atoms with Gasteiger partial charge < -0.3 is 15.2 Å². The number of rotatable bonds is 6. The lowest BCUT2D eigenvalue weighted by atomic mass is 10.2. The van der Waals surface area contributed by atoms with Gasteiger partial charge in [-0.2, -0.15) is 0 Å². The number of hydrogen-bond acceptors (Lipinski definition) is 4. The third-order valence-electron chi connectivity index (χ3n) is 2.27. The lowest BCUT2D eigenvalue weighted by molar-refractivity contribution is 0.0690. The molecule has 5 nitrogen and oxygen atoms in total. The van der Waals surface area contributed by atoms with Crippen LogP contribution in [0.4, 0.5) is 5.82 Å². The number of carboxylic acid groups (broad SMARTS) is 1. The number of nitrogens with one attached hydrogen (secondary N) is 1. The Kier molecular flexibility index (Phi) is 4.72. The van der Waals surface area contributed by atoms with Crippen LogP contribution in [-0.4, -0.2) is 35.8 Å². The molecule has 0 spiro atoms. The molecular weight excluding hydrogens is 208 g/mol. The Hall–Kier alpha value is -1.62. The third-order valence-corrected chi connectivity index (χ3v) is 2.27. The van der Waals surface area contributed by atoms with Crippen LogP contribution in [0.2, 0.25) is 0 Å². The van der Waals surface area contributed by atoms with Crippen molar-refractivity contribution in [2.24, 2.45) is 0 Å². The maximum absolute atomic E-state index is 10.7. The first-order valence-electron chi connectivity index (χ1n) is 5.14. The summed E-state index contributed by atoms with van der Waals surface area (Å²) in [5.41, 5.74) is 0.0375.